The smallest absolute Gasteiger partial charge is 0.224 e. The molecule has 1 saturated heterocycles. The summed E-state index contributed by atoms with van der Waals surface area (Å²) < 4.78 is 27.8. The van der Waals surface area contributed by atoms with E-state index in [4.69, 9.17) is 4.74 Å². The molecule has 1 atom stereocenters. The monoisotopic (exact) mass is 297 g/mol. The maximum Gasteiger partial charge on any atom is 0.224 e. The molecule has 20 heavy (non-hydrogen) atoms. The third-order valence-corrected chi connectivity index (χ3v) is 5.23. The average molecular weight is 297 g/mol. The molecule has 1 heterocycles. The SMILES string of the molecule is COCc1ccccc1NC(=O)C[C@@H]1CCS(=O)(=O)C1. The maximum absolute atomic E-state index is 12.0. The van der Waals surface area contributed by atoms with E-state index in [1.165, 1.54) is 0 Å². The molecule has 0 unspecified atom stereocenters. The van der Waals surface area contributed by atoms with E-state index >= 15 is 0 Å². The Kier molecular flexibility index (Phi) is 4.77. The van der Waals surface area contributed by atoms with E-state index in [1.54, 1.807) is 7.11 Å². The van der Waals surface area contributed by atoms with Gasteiger partial charge < -0.3 is 10.1 Å². The molecule has 2 rings (SSSR count). The number of carbonyl (C=O) groups is 1. The van der Waals surface area contributed by atoms with Gasteiger partial charge in [-0.3, -0.25) is 4.79 Å². The summed E-state index contributed by atoms with van der Waals surface area (Å²) in [5.41, 5.74) is 1.63. The lowest BCUT2D eigenvalue weighted by Gasteiger charge is -2.12. The number of rotatable bonds is 5. The molecule has 0 saturated carbocycles. The highest BCUT2D eigenvalue weighted by Crippen LogP contribution is 2.23. The number of para-hydroxylation sites is 1. The highest BCUT2D eigenvalue weighted by atomic mass is 32.2. The lowest BCUT2D eigenvalue weighted by molar-refractivity contribution is -0.116. The fraction of sp³-hybridized carbons (Fsp3) is 0.500. The molecule has 0 spiro atoms. The number of benzene rings is 1. The van der Waals surface area contributed by atoms with Gasteiger partial charge in [0.25, 0.3) is 0 Å². The normalized spacial score (nSPS) is 20.8. The Labute approximate surface area is 119 Å². The Morgan fingerprint density at radius 3 is 2.80 bits per heavy atom. The van der Waals surface area contributed by atoms with Crippen LogP contribution in [0.3, 0.4) is 0 Å². The van der Waals surface area contributed by atoms with Crippen LogP contribution in [-0.4, -0.2) is 32.9 Å². The quantitative estimate of drug-likeness (QED) is 0.896. The fourth-order valence-corrected chi connectivity index (χ4v) is 4.28. The number of methoxy groups -OCH3 is 1. The Hall–Kier alpha value is -1.40. The molecular formula is C14H19NO4S. The standard InChI is InChI=1S/C14H19NO4S/c1-19-9-12-4-2-3-5-13(12)15-14(16)8-11-6-7-20(17,18)10-11/h2-5,11H,6-10H2,1H3,(H,15,16)/t11-/m0/s1. The van der Waals surface area contributed by atoms with Gasteiger partial charge in [-0.25, -0.2) is 8.42 Å². The van der Waals surface area contributed by atoms with Crippen LogP contribution in [-0.2, 0) is 26.0 Å². The lowest BCUT2D eigenvalue weighted by Crippen LogP contribution is -2.18. The molecule has 1 amide bonds. The zero-order valence-corrected chi connectivity index (χ0v) is 12.3. The van der Waals surface area contributed by atoms with Crippen molar-refractivity contribution < 1.29 is 17.9 Å². The summed E-state index contributed by atoms with van der Waals surface area (Å²) in [4.78, 5) is 12.0. The zero-order valence-electron chi connectivity index (χ0n) is 11.5. The topological polar surface area (TPSA) is 72.5 Å². The molecule has 1 aliphatic heterocycles. The molecule has 0 aliphatic carbocycles. The minimum absolute atomic E-state index is 0.0606. The van der Waals surface area contributed by atoms with Crippen LogP contribution in [0.15, 0.2) is 24.3 Å². The first-order valence-electron chi connectivity index (χ1n) is 6.57. The Morgan fingerprint density at radius 2 is 2.15 bits per heavy atom. The molecule has 1 N–H and O–H groups in total. The predicted molar refractivity (Wildman–Crippen MR) is 77.2 cm³/mol. The van der Waals surface area contributed by atoms with Gasteiger partial charge in [-0.15, -0.1) is 0 Å². The number of hydrogen-bond donors (Lipinski definition) is 1. The number of carbonyl (C=O) groups excluding carboxylic acids is 1. The number of nitrogens with one attached hydrogen (secondary N) is 1. The number of sulfone groups is 1. The number of anilines is 1. The third kappa shape index (κ3) is 4.05. The average Bonchev–Trinajstić information content (AvgIpc) is 2.71. The van der Waals surface area contributed by atoms with Crippen LogP contribution in [0.2, 0.25) is 0 Å². The van der Waals surface area contributed by atoms with Crippen LogP contribution in [0.4, 0.5) is 5.69 Å². The van der Waals surface area contributed by atoms with Crippen molar-refractivity contribution in [3.8, 4) is 0 Å². The molecule has 0 aromatic heterocycles. The lowest BCUT2D eigenvalue weighted by atomic mass is 10.0. The van der Waals surface area contributed by atoms with E-state index < -0.39 is 9.84 Å². The molecule has 1 aromatic rings. The van der Waals surface area contributed by atoms with Crippen molar-refractivity contribution in [3.05, 3.63) is 29.8 Å². The second kappa shape index (κ2) is 6.37. The van der Waals surface area contributed by atoms with Crippen molar-refractivity contribution in [1.29, 1.82) is 0 Å². The van der Waals surface area contributed by atoms with E-state index in [2.05, 4.69) is 5.32 Å². The molecule has 1 aromatic carbocycles. The number of hydrogen-bond acceptors (Lipinski definition) is 4. The third-order valence-electron chi connectivity index (χ3n) is 3.39. The van der Waals surface area contributed by atoms with E-state index in [-0.39, 0.29) is 29.8 Å². The van der Waals surface area contributed by atoms with Crippen LogP contribution in [0, 0.1) is 5.92 Å². The van der Waals surface area contributed by atoms with Crippen LogP contribution >= 0.6 is 0 Å². The first kappa shape index (κ1) is 15.0. The molecule has 6 heteroatoms. The van der Waals surface area contributed by atoms with Crippen molar-refractivity contribution in [1.82, 2.24) is 0 Å². The largest absolute Gasteiger partial charge is 0.380 e. The minimum atomic E-state index is -2.93. The van der Waals surface area contributed by atoms with Gasteiger partial charge in [-0.05, 0) is 18.4 Å². The van der Waals surface area contributed by atoms with Gasteiger partial charge >= 0.3 is 0 Å². The summed E-state index contributed by atoms with van der Waals surface area (Å²) in [6.45, 7) is 0.425. The van der Waals surface area contributed by atoms with Gasteiger partial charge in [0.1, 0.15) is 0 Å². The van der Waals surface area contributed by atoms with Crippen LogP contribution in [0.25, 0.3) is 0 Å². The fourth-order valence-electron chi connectivity index (χ4n) is 2.42. The van der Waals surface area contributed by atoms with E-state index in [9.17, 15) is 13.2 Å². The van der Waals surface area contributed by atoms with Crippen LogP contribution in [0.5, 0.6) is 0 Å². The van der Waals surface area contributed by atoms with Crippen molar-refractivity contribution in [2.75, 3.05) is 23.9 Å². The van der Waals surface area contributed by atoms with E-state index in [0.29, 0.717) is 13.0 Å². The van der Waals surface area contributed by atoms with Crippen LogP contribution in [0.1, 0.15) is 18.4 Å². The van der Waals surface area contributed by atoms with Gasteiger partial charge in [0.15, 0.2) is 9.84 Å². The van der Waals surface area contributed by atoms with Crippen molar-refractivity contribution in [3.63, 3.8) is 0 Å². The van der Waals surface area contributed by atoms with Crippen molar-refractivity contribution in [2.24, 2.45) is 5.92 Å². The van der Waals surface area contributed by atoms with E-state index in [1.807, 2.05) is 24.3 Å². The molecule has 0 radical (unpaired) electrons. The number of amides is 1. The summed E-state index contributed by atoms with van der Waals surface area (Å²) in [5, 5.41) is 2.84. The van der Waals surface area contributed by atoms with Crippen LogP contribution < -0.4 is 5.32 Å². The summed E-state index contributed by atoms with van der Waals surface area (Å²) in [7, 11) is -1.33. The van der Waals surface area contributed by atoms with Gasteiger partial charge in [-0.2, -0.15) is 0 Å². The molecule has 5 nitrogen and oxygen atoms in total. The molecule has 110 valence electrons. The first-order valence-corrected chi connectivity index (χ1v) is 8.39. The maximum atomic E-state index is 12.0. The molecular weight excluding hydrogens is 278 g/mol. The molecule has 1 fully saturated rings. The van der Waals surface area contributed by atoms with Gasteiger partial charge in [0, 0.05) is 24.8 Å². The zero-order chi connectivity index (χ0) is 14.6. The second-order valence-corrected chi connectivity index (χ2v) is 7.34. The van der Waals surface area contributed by atoms with Crippen molar-refractivity contribution >= 4 is 21.4 Å². The van der Waals surface area contributed by atoms with Gasteiger partial charge in [0.2, 0.25) is 5.91 Å². The van der Waals surface area contributed by atoms with Gasteiger partial charge in [0.05, 0.1) is 18.1 Å². The number of ether oxygens (including phenoxy) is 1. The summed E-state index contributed by atoms with van der Waals surface area (Å²) in [5.74, 6) is 0.121. The predicted octanol–water partition coefficient (Wildman–Crippen LogP) is 1.60. The Balaban J connectivity index is 1.95. The molecule has 0 bridgehead atoms. The summed E-state index contributed by atoms with van der Waals surface area (Å²) >= 11 is 0. The van der Waals surface area contributed by atoms with Gasteiger partial charge in [-0.1, -0.05) is 18.2 Å². The highest BCUT2D eigenvalue weighted by Gasteiger charge is 2.29. The molecule has 1 aliphatic rings. The summed E-state index contributed by atoms with van der Waals surface area (Å²) in [6.07, 6.45) is 0.829. The Bertz CT molecular complexity index is 583. The summed E-state index contributed by atoms with van der Waals surface area (Å²) in [6, 6.07) is 7.43. The first-order chi connectivity index (χ1) is 9.50. The van der Waals surface area contributed by atoms with Crippen molar-refractivity contribution in [2.45, 2.75) is 19.4 Å². The Morgan fingerprint density at radius 1 is 1.40 bits per heavy atom. The second-order valence-electron chi connectivity index (χ2n) is 5.11. The highest BCUT2D eigenvalue weighted by molar-refractivity contribution is 7.91. The van der Waals surface area contributed by atoms with E-state index in [0.717, 1.165) is 11.3 Å². The minimum Gasteiger partial charge on any atom is -0.380 e.